The predicted molar refractivity (Wildman–Crippen MR) is 115 cm³/mol. The largest absolute Gasteiger partial charge is 0.497 e. The summed E-state index contributed by atoms with van der Waals surface area (Å²) in [6, 6.07) is 8.72. The summed E-state index contributed by atoms with van der Waals surface area (Å²) in [7, 11) is -3.18. The van der Waals surface area contributed by atoms with Crippen LogP contribution in [0, 0.1) is 0 Å². The van der Waals surface area contributed by atoms with Gasteiger partial charge in [0.2, 0.25) is 21.8 Å². The maximum absolute atomic E-state index is 13.2. The van der Waals surface area contributed by atoms with Gasteiger partial charge in [-0.3, -0.25) is 9.59 Å². The van der Waals surface area contributed by atoms with Crippen molar-refractivity contribution >= 4 is 27.5 Å². The molecule has 180 valence electrons. The number of nitrogens with zero attached hydrogens (tertiary/aromatic N) is 1. The third-order valence-corrected chi connectivity index (χ3v) is 6.18. The maximum Gasteiger partial charge on any atom is 0.417 e. The first-order chi connectivity index (χ1) is 15.4. The maximum atomic E-state index is 13.2. The van der Waals surface area contributed by atoms with E-state index in [9.17, 15) is 31.2 Å². The molecule has 0 aliphatic rings. The molecule has 33 heavy (non-hydrogen) atoms. The minimum Gasteiger partial charge on any atom is -0.497 e. The second-order valence-corrected chi connectivity index (χ2v) is 8.65. The van der Waals surface area contributed by atoms with E-state index in [1.165, 1.54) is 14.0 Å². The Hall–Kier alpha value is -3.12. The monoisotopic (exact) mass is 487 g/mol. The summed E-state index contributed by atoms with van der Waals surface area (Å²) in [5, 5.41) is 2.60. The van der Waals surface area contributed by atoms with Crippen LogP contribution in [0.25, 0.3) is 0 Å². The third-order valence-electron chi connectivity index (χ3n) is 4.59. The molecule has 2 rings (SSSR count). The Labute approximate surface area is 189 Å². The van der Waals surface area contributed by atoms with Gasteiger partial charge in [0.25, 0.3) is 0 Å². The molecule has 0 fully saturated rings. The Morgan fingerprint density at radius 2 is 1.70 bits per heavy atom. The highest BCUT2D eigenvalue weighted by Gasteiger charge is 2.38. The van der Waals surface area contributed by atoms with Gasteiger partial charge in [0, 0.05) is 12.2 Å². The van der Waals surface area contributed by atoms with Crippen LogP contribution in [0.15, 0.2) is 53.4 Å². The minimum atomic E-state index is -4.90. The van der Waals surface area contributed by atoms with Crippen molar-refractivity contribution in [3.05, 3.63) is 54.1 Å². The number of benzene rings is 2. The van der Waals surface area contributed by atoms with Gasteiger partial charge in [-0.1, -0.05) is 12.1 Å². The molecular formula is C21H24F3N3O5S. The van der Waals surface area contributed by atoms with Crippen LogP contribution in [0.5, 0.6) is 5.75 Å². The van der Waals surface area contributed by atoms with E-state index >= 15 is 0 Å². The number of rotatable bonds is 9. The lowest BCUT2D eigenvalue weighted by atomic mass is 10.2. The van der Waals surface area contributed by atoms with Gasteiger partial charge in [0.1, 0.15) is 5.75 Å². The van der Waals surface area contributed by atoms with E-state index in [4.69, 9.17) is 4.74 Å². The van der Waals surface area contributed by atoms with Crippen molar-refractivity contribution in [3.63, 3.8) is 0 Å². The van der Waals surface area contributed by atoms with Crippen molar-refractivity contribution in [1.29, 1.82) is 0 Å². The lowest BCUT2D eigenvalue weighted by Gasteiger charge is -2.25. The lowest BCUT2D eigenvalue weighted by Crippen LogP contribution is -2.49. The number of halogens is 3. The summed E-state index contributed by atoms with van der Waals surface area (Å²) >= 11 is 0. The molecule has 0 saturated heterocycles. The van der Waals surface area contributed by atoms with E-state index in [1.807, 2.05) is 4.72 Å². The summed E-state index contributed by atoms with van der Waals surface area (Å²) in [5.74, 6) is -0.713. The number of nitrogens with one attached hydrogen (secondary N) is 2. The molecule has 1 atom stereocenters. The van der Waals surface area contributed by atoms with E-state index in [0.717, 1.165) is 23.1 Å². The molecule has 2 N–H and O–H groups in total. The highest BCUT2D eigenvalue weighted by atomic mass is 32.2. The van der Waals surface area contributed by atoms with Gasteiger partial charge in [0.05, 0.1) is 30.2 Å². The molecule has 12 heteroatoms. The number of amides is 2. The van der Waals surface area contributed by atoms with Gasteiger partial charge >= 0.3 is 6.18 Å². The lowest BCUT2D eigenvalue weighted by molar-refractivity contribution is -0.139. The van der Waals surface area contributed by atoms with Crippen LogP contribution in [0.2, 0.25) is 0 Å². The molecule has 8 nitrogen and oxygen atoms in total. The normalized spacial score (nSPS) is 12.7. The number of methoxy groups -OCH3 is 1. The Morgan fingerprint density at radius 1 is 1.09 bits per heavy atom. The summed E-state index contributed by atoms with van der Waals surface area (Å²) in [6.45, 7) is 2.46. The number of likely N-dealkylation sites (N-methyl/N-ethyl adjacent to an activating group) is 1. The quantitative estimate of drug-likeness (QED) is 0.566. The predicted octanol–water partition coefficient (Wildman–Crippen LogP) is 2.87. The number of alkyl halides is 3. The first-order valence-corrected chi connectivity index (χ1v) is 11.3. The van der Waals surface area contributed by atoms with Crippen LogP contribution in [0.3, 0.4) is 0 Å². The number of carbonyl (C=O) groups excluding carboxylic acids is 2. The van der Waals surface area contributed by atoms with Crippen molar-refractivity contribution in [2.24, 2.45) is 0 Å². The Balaban J connectivity index is 2.09. The third kappa shape index (κ3) is 6.93. The van der Waals surface area contributed by atoms with E-state index in [2.05, 4.69) is 5.32 Å². The van der Waals surface area contributed by atoms with E-state index in [-0.39, 0.29) is 13.1 Å². The van der Waals surface area contributed by atoms with Crippen LogP contribution in [-0.2, 0) is 25.8 Å². The van der Waals surface area contributed by atoms with Gasteiger partial charge in [-0.25, -0.2) is 8.42 Å². The first kappa shape index (κ1) is 26.1. The van der Waals surface area contributed by atoms with Gasteiger partial charge in [-0.2, -0.15) is 17.9 Å². The van der Waals surface area contributed by atoms with Gasteiger partial charge in [0.15, 0.2) is 0 Å². The molecular weight excluding hydrogens is 463 g/mol. The Bertz CT molecular complexity index is 1090. The molecule has 0 bridgehead atoms. The molecule has 2 aromatic carbocycles. The van der Waals surface area contributed by atoms with Crippen molar-refractivity contribution in [1.82, 2.24) is 9.62 Å². The highest BCUT2D eigenvalue weighted by molar-refractivity contribution is 7.89. The molecule has 1 unspecified atom stereocenters. The summed E-state index contributed by atoms with van der Waals surface area (Å²) in [4.78, 5) is 25.1. The summed E-state index contributed by atoms with van der Waals surface area (Å²) in [5.41, 5.74) is -0.884. The number of sulfonamides is 1. The van der Waals surface area contributed by atoms with Gasteiger partial charge in [-0.05, 0) is 50.2 Å². The van der Waals surface area contributed by atoms with Crippen LogP contribution >= 0.6 is 0 Å². The molecule has 0 aromatic heterocycles. The fourth-order valence-electron chi connectivity index (χ4n) is 2.95. The molecule has 0 saturated carbocycles. The second-order valence-electron chi connectivity index (χ2n) is 6.97. The zero-order valence-electron chi connectivity index (χ0n) is 18.1. The van der Waals surface area contributed by atoms with Crippen LogP contribution < -0.4 is 14.8 Å². The average molecular weight is 488 g/mol. The molecule has 2 aromatic rings. The fraction of sp³-hybridized carbons (Fsp3) is 0.333. The fourth-order valence-corrected chi connectivity index (χ4v) is 4.37. The highest BCUT2D eigenvalue weighted by Crippen LogP contribution is 2.33. The number of anilines is 1. The first-order valence-electron chi connectivity index (χ1n) is 9.80. The minimum absolute atomic E-state index is 0.0695. The Morgan fingerprint density at radius 3 is 2.24 bits per heavy atom. The molecule has 0 radical (unpaired) electrons. The number of ether oxygens (including phenoxy) is 1. The summed E-state index contributed by atoms with van der Waals surface area (Å²) < 4.78 is 71.7. The van der Waals surface area contributed by atoms with Crippen molar-refractivity contribution < 1.29 is 35.9 Å². The van der Waals surface area contributed by atoms with Crippen LogP contribution in [0.1, 0.15) is 19.4 Å². The zero-order chi connectivity index (χ0) is 24.8. The Kier molecular flexibility index (Phi) is 8.45. The molecule has 2 amide bonds. The average Bonchev–Trinajstić information content (AvgIpc) is 2.76. The topological polar surface area (TPSA) is 105 Å². The molecule has 0 heterocycles. The summed E-state index contributed by atoms with van der Waals surface area (Å²) in [6.07, 6.45) is -4.90. The van der Waals surface area contributed by atoms with Crippen LogP contribution in [-0.4, -0.2) is 51.4 Å². The molecule has 0 spiro atoms. The van der Waals surface area contributed by atoms with E-state index < -0.39 is 44.5 Å². The van der Waals surface area contributed by atoms with Gasteiger partial charge in [-0.15, -0.1) is 0 Å². The van der Waals surface area contributed by atoms with Crippen molar-refractivity contribution in [2.45, 2.75) is 31.0 Å². The zero-order valence-corrected chi connectivity index (χ0v) is 19.0. The number of carbonyl (C=O) groups is 2. The van der Waals surface area contributed by atoms with Crippen LogP contribution in [0.4, 0.5) is 18.9 Å². The molecule has 0 aliphatic carbocycles. The van der Waals surface area contributed by atoms with E-state index in [1.54, 1.807) is 31.2 Å². The number of hydrogen-bond donors (Lipinski definition) is 2. The SMILES string of the molecule is CCN(CC(=O)Nc1ccc(OC)cc1)C(=O)C(C)NS(=O)(=O)c1ccccc1C(F)(F)F. The van der Waals surface area contributed by atoms with Crippen molar-refractivity contribution in [3.8, 4) is 5.75 Å². The molecule has 0 aliphatic heterocycles. The van der Waals surface area contributed by atoms with Gasteiger partial charge < -0.3 is 15.0 Å². The van der Waals surface area contributed by atoms with Crippen molar-refractivity contribution in [2.75, 3.05) is 25.5 Å². The smallest absolute Gasteiger partial charge is 0.417 e. The standard InChI is InChI=1S/C21H24F3N3O5S/c1-4-27(13-19(28)25-15-9-11-16(32-3)12-10-15)20(29)14(2)26-33(30,31)18-8-6-5-7-17(18)21(22,23)24/h5-12,14,26H,4,13H2,1-3H3,(H,25,28). The number of hydrogen-bond acceptors (Lipinski definition) is 5. The second kappa shape index (κ2) is 10.7. The van der Waals surface area contributed by atoms with E-state index in [0.29, 0.717) is 17.5 Å².